The average Bonchev–Trinajstić information content (AvgIpc) is 2.34. The van der Waals surface area contributed by atoms with E-state index in [0.29, 0.717) is 5.56 Å². The van der Waals surface area contributed by atoms with Crippen LogP contribution in [0.5, 0.6) is 0 Å². The Hall–Kier alpha value is -1.75. The normalized spacial score (nSPS) is 10.2. The summed E-state index contributed by atoms with van der Waals surface area (Å²) in [5, 5.41) is 2.21. The van der Waals surface area contributed by atoms with Crippen molar-refractivity contribution in [1.82, 2.24) is 0 Å². The molecule has 92 valence electrons. The topological polar surface area (TPSA) is 29.1 Å². The van der Waals surface area contributed by atoms with Gasteiger partial charge in [0, 0.05) is 10.0 Å². The van der Waals surface area contributed by atoms with Crippen LogP contribution in [0.2, 0.25) is 0 Å². The molecule has 1 amide bonds. The maximum Gasteiger partial charge on any atom is 0.255 e. The van der Waals surface area contributed by atoms with E-state index in [1.165, 1.54) is 6.07 Å². The lowest BCUT2D eigenvalue weighted by molar-refractivity contribution is 0.102. The Morgan fingerprint density at radius 2 is 1.56 bits per heavy atom. The zero-order chi connectivity index (χ0) is 13.1. The predicted molar refractivity (Wildman–Crippen MR) is 68.5 cm³/mol. The van der Waals surface area contributed by atoms with Gasteiger partial charge in [0.15, 0.2) is 0 Å². The molecular formula is C13H8BrF2NO. The monoisotopic (exact) mass is 311 g/mol. The van der Waals surface area contributed by atoms with Gasteiger partial charge in [0.1, 0.15) is 17.3 Å². The van der Waals surface area contributed by atoms with Crippen LogP contribution in [0.1, 0.15) is 10.4 Å². The van der Waals surface area contributed by atoms with Crippen molar-refractivity contribution in [1.29, 1.82) is 0 Å². The van der Waals surface area contributed by atoms with Gasteiger partial charge in [-0.05, 0) is 36.4 Å². The second-order valence-corrected chi connectivity index (χ2v) is 4.47. The predicted octanol–water partition coefficient (Wildman–Crippen LogP) is 3.98. The van der Waals surface area contributed by atoms with Gasteiger partial charge >= 0.3 is 0 Å². The molecule has 0 radical (unpaired) electrons. The van der Waals surface area contributed by atoms with E-state index in [2.05, 4.69) is 21.2 Å². The summed E-state index contributed by atoms with van der Waals surface area (Å²) in [6.07, 6.45) is 0. The number of benzene rings is 2. The standard InChI is InChI=1S/C13H8BrF2NO/c14-9-6-4-8(5-7-9)13(18)17-12-10(15)2-1-3-11(12)16/h1-7H,(H,17,18). The number of nitrogens with one attached hydrogen (secondary N) is 1. The number of rotatable bonds is 2. The third-order valence-corrected chi connectivity index (χ3v) is 2.84. The smallest absolute Gasteiger partial charge is 0.255 e. The van der Waals surface area contributed by atoms with Gasteiger partial charge < -0.3 is 5.32 Å². The van der Waals surface area contributed by atoms with Crippen LogP contribution in [0.3, 0.4) is 0 Å². The summed E-state index contributed by atoms with van der Waals surface area (Å²) in [4.78, 5) is 11.8. The van der Waals surface area contributed by atoms with Crippen molar-refractivity contribution >= 4 is 27.5 Å². The van der Waals surface area contributed by atoms with Crippen LogP contribution in [0.15, 0.2) is 46.9 Å². The number of hydrogen-bond donors (Lipinski definition) is 1. The van der Waals surface area contributed by atoms with Gasteiger partial charge in [-0.2, -0.15) is 0 Å². The molecule has 0 saturated heterocycles. The highest BCUT2D eigenvalue weighted by Gasteiger charge is 2.12. The largest absolute Gasteiger partial charge is 0.317 e. The molecule has 18 heavy (non-hydrogen) atoms. The Morgan fingerprint density at radius 1 is 1.00 bits per heavy atom. The summed E-state index contributed by atoms with van der Waals surface area (Å²) in [6, 6.07) is 9.86. The van der Waals surface area contributed by atoms with Crippen molar-refractivity contribution in [3.8, 4) is 0 Å². The number of anilines is 1. The van der Waals surface area contributed by atoms with Gasteiger partial charge in [0.2, 0.25) is 0 Å². The summed E-state index contributed by atoms with van der Waals surface area (Å²) in [5.41, 5.74) is -0.119. The van der Waals surface area contributed by atoms with Gasteiger partial charge in [-0.1, -0.05) is 22.0 Å². The van der Waals surface area contributed by atoms with Crippen LogP contribution in [0, 0.1) is 11.6 Å². The van der Waals surface area contributed by atoms with E-state index in [1.54, 1.807) is 24.3 Å². The first-order valence-electron chi connectivity index (χ1n) is 5.09. The summed E-state index contributed by atoms with van der Waals surface area (Å²) in [7, 11) is 0. The molecule has 5 heteroatoms. The van der Waals surface area contributed by atoms with Crippen molar-refractivity contribution < 1.29 is 13.6 Å². The fourth-order valence-corrected chi connectivity index (χ4v) is 1.67. The summed E-state index contributed by atoms with van der Waals surface area (Å²) in [5.74, 6) is -2.17. The Bertz CT molecular complexity index is 564. The number of amides is 1. The summed E-state index contributed by atoms with van der Waals surface area (Å²) < 4.78 is 27.5. The van der Waals surface area contributed by atoms with E-state index >= 15 is 0 Å². The molecule has 0 atom stereocenters. The number of halogens is 3. The van der Waals surface area contributed by atoms with E-state index in [1.807, 2.05) is 0 Å². The first kappa shape index (κ1) is 12.7. The minimum absolute atomic E-state index is 0.320. The molecule has 2 aromatic rings. The summed E-state index contributed by atoms with van der Waals surface area (Å²) in [6.45, 7) is 0. The number of carbonyl (C=O) groups excluding carboxylic acids is 1. The minimum atomic E-state index is -0.805. The van der Waals surface area contributed by atoms with Crippen molar-refractivity contribution in [3.63, 3.8) is 0 Å². The Kier molecular flexibility index (Phi) is 3.72. The second-order valence-electron chi connectivity index (χ2n) is 3.56. The van der Waals surface area contributed by atoms with Crippen molar-refractivity contribution in [2.45, 2.75) is 0 Å². The van der Waals surface area contributed by atoms with Gasteiger partial charge in [-0.15, -0.1) is 0 Å². The summed E-state index contributed by atoms with van der Waals surface area (Å²) >= 11 is 3.23. The molecular weight excluding hydrogens is 304 g/mol. The van der Waals surface area contributed by atoms with Crippen LogP contribution in [-0.4, -0.2) is 5.91 Å². The maximum atomic E-state index is 13.3. The molecule has 1 N–H and O–H groups in total. The second kappa shape index (κ2) is 5.27. The van der Waals surface area contributed by atoms with Crippen molar-refractivity contribution in [3.05, 3.63) is 64.1 Å². The molecule has 0 aliphatic carbocycles. The van der Waals surface area contributed by atoms with E-state index in [-0.39, 0.29) is 0 Å². The zero-order valence-corrected chi connectivity index (χ0v) is 10.7. The van der Waals surface area contributed by atoms with Crippen LogP contribution in [-0.2, 0) is 0 Å². The van der Waals surface area contributed by atoms with E-state index in [0.717, 1.165) is 16.6 Å². The Labute approximate surface area is 111 Å². The molecule has 0 unspecified atom stereocenters. The molecule has 0 aliphatic heterocycles. The molecule has 0 fully saturated rings. The highest BCUT2D eigenvalue weighted by atomic mass is 79.9. The average molecular weight is 312 g/mol. The quantitative estimate of drug-likeness (QED) is 0.893. The molecule has 0 heterocycles. The molecule has 2 nitrogen and oxygen atoms in total. The van der Waals surface area contributed by atoms with Crippen LogP contribution in [0.25, 0.3) is 0 Å². The highest BCUT2D eigenvalue weighted by Crippen LogP contribution is 2.19. The number of carbonyl (C=O) groups is 1. The van der Waals surface area contributed by atoms with Gasteiger partial charge in [-0.3, -0.25) is 4.79 Å². The van der Waals surface area contributed by atoms with Crippen LogP contribution in [0.4, 0.5) is 14.5 Å². The fraction of sp³-hybridized carbons (Fsp3) is 0. The lowest BCUT2D eigenvalue weighted by Crippen LogP contribution is -2.14. The third kappa shape index (κ3) is 2.73. The molecule has 0 aliphatic rings. The lowest BCUT2D eigenvalue weighted by Gasteiger charge is -2.07. The molecule has 2 rings (SSSR count). The van der Waals surface area contributed by atoms with E-state index < -0.39 is 23.2 Å². The van der Waals surface area contributed by atoms with Gasteiger partial charge in [0.05, 0.1) is 0 Å². The van der Waals surface area contributed by atoms with Gasteiger partial charge in [-0.25, -0.2) is 8.78 Å². The number of para-hydroxylation sites is 1. The SMILES string of the molecule is O=C(Nc1c(F)cccc1F)c1ccc(Br)cc1. The lowest BCUT2D eigenvalue weighted by atomic mass is 10.2. The van der Waals surface area contributed by atoms with Crippen LogP contribution >= 0.6 is 15.9 Å². The van der Waals surface area contributed by atoms with E-state index in [9.17, 15) is 13.6 Å². The molecule has 0 spiro atoms. The van der Waals surface area contributed by atoms with Crippen molar-refractivity contribution in [2.24, 2.45) is 0 Å². The minimum Gasteiger partial charge on any atom is -0.317 e. The highest BCUT2D eigenvalue weighted by molar-refractivity contribution is 9.10. The third-order valence-electron chi connectivity index (χ3n) is 2.31. The Morgan fingerprint density at radius 3 is 2.11 bits per heavy atom. The first-order valence-corrected chi connectivity index (χ1v) is 5.88. The Balaban J connectivity index is 2.24. The molecule has 2 aromatic carbocycles. The fourth-order valence-electron chi connectivity index (χ4n) is 1.40. The molecule has 0 bridgehead atoms. The molecule has 0 aromatic heterocycles. The molecule has 0 saturated carbocycles. The van der Waals surface area contributed by atoms with E-state index in [4.69, 9.17) is 0 Å². The van der Waals surface area contributed by atoms with Gasteiger partial charge in [0.25, 0.3) is 5.91 Å². The zero-order valence-electron chi connectivity index (χ0n) is 9.08. The van der Waals surface area contributed by atoms with Crippen LogP contribution < -0.4 is 5.32 Å². The first-order chi connectivity index (χ1) is 8.58. The maximum absolute atomic E-state index is 13.3. The number of hydrogen-bond acceptors (Lipinski definition) is 1. The van der Waals surface area contributed by atoms with Crippen molar-refractivity contribution in [2.75, 3.05) is 5.32 Å².